The van der Waals surface area contributed by atoms with Crippen molar-refractivity contribution in [2.45, 2.75) is 4.90 Å². The molecule has 0 bridgehead atoms. The zero-order valence-corrected chi connectivity index (χ0v) is 15.9. The minimum Gasteiger partial charge on any atom is -0.495 e. The zero-order valence-electron chi connectivity index (χ0n) is 15.1. The molecule has 2 rings (SSSR count). The number of methoxy groups -OCH3 is 1. The van der Waals surface area contributed by atoms with E-state index in [2.05, 4.69) is 18.5 Å². The topological polar surface area (TPSA) is 75.7 Å². The molecular formula is C20H22N2O4S. The van der Waals surface area contributed by atoms with E-state index in [4.69, 9.17) is 4.74 Å². The van der Waals surface area contributed by atoms with Crippen molar-refractivity contribution in [1.82, 2.24) is 5.32 Å². The van der Waals surface area contributed by atoms with E-state index in [0.29, 0.717) is 18.0 Å². The molecule has 0 atom stereocenters. The van der Waals surface area contributed by atoms with Gasteiger partial charge in [-0.1, -0.05) is 30.4 Å². The molecule has 0 aromatic heterocycles. The third kappa shape index (κ3) is 4.57. The molecule has 6 nitrogen and oxygen atoms in total. The van der Waals surface area contributed by atoms with Crippen molar-refractivity contribution in [3.63, 3.8) is 0 Å². The lowest BCUT2D eigenvalue weighted by atomic mass is 10.2. The Morgan fingerprint density at radius 1 is 1.15 bits per heavy atom. The molecule has 27 heavy (non-hydrogen) atoms. The van der Waals surface area contributed by atoms with Crippen molar-refractivity contribution in [3.8, 4) is 5.75 Å². The van der Waals surface area contributed by atoms with Crippen LogP contribution in [-0.2, 0) is 10.0 Å². The highest BCUT2D eigenvalue weighted by Gasteiger charge is 2.27. The number of nitrogens with zero attached hydrogens (tertiary/aromatic N) is 1. The van der Waals surface area contributed by atoms with Crippen molar-refractivity contribution in [3.05, 3.63) is 79.4 Å². The van der Waals surface area contributed by atoms with Crippen LogP contribution in [0.4, 0.5) is 5.69 Å². The van der Waals surface area contributed by atoms with E-state index in [1.807, 2.05) is 0 Å². The van der Waals surface area contributed by atoms with E-state index in [-0.39, 0.29) is 22.9 Å². The Morgan fingerprint density at radius 2 is 1.89 bits per heavy atom. The number of para-hydroxylation sites is 2. The van der Waals surface area contributed by atoms with Gasteiger partial charge in [-0.2, -0.15) is 0 Å². The molecule has 1 amide bonds. The molecule has 0 saturated carbocycles. The Morgan fingerprint density at radius 3 is 2.56 bits per heavy atom. The van der Waals surface area contributed by atoms with Gasteiger partial charge in [0.25, 0.3) is 15.9 Å². The molecule has 7 heteroatoms. The highest BCUT2D eigenvalue weighted by atomic mass is 32.2. The minimum atomic E-state index is -3.94. The molecule has 2 aromatic carbocycles. The Hall–Kier alpha value is -3.06. The number of carbonyl (C=O) groups is 1. The second kappa shape index (κ2) is 9.05. The second-order valence-electron chi connectivity index (χ2n) is 5.52. The summed E-state index contributed by atoms with van der Waals surface area (Å²) >= 11 is 0. The van der Waals surface area contributed by atoms with E-state index in [1.54, 1.807) is 36.4 Å². The molecule has 0 aliphatic heterocycles. The molecule has 2 aromatic rings. The Labute approximate surface area is 159 Å². The van der Waals surface area contributed by atoms with Gasteiger partial charge in [0.2, 0.25) is 0 Å². The average Bonchev–Trinajstić information content (AvgIpc) is 2.70. The van der Waals surface area contributed by atoms with Gasteiger partial charge in [0.15, 0.2) is 0 Å². The standard InChI is InChI=1S/C20H22N2O4S/c1-4-13-21-20(23)16-9-8-10-17(15-16)27(24,25)22(14-5-2)18-11-6-7-12-19(18)26-3/h4-12,15H,1-2,13-14H2,3H3,(H,21,23). The quantitative estimate of drug-likeness (QED) is 0.672. The maximum Gasteiger partial charge on any atom is 0.264 e. The van der Waals surface area contributed by atoms with Gasteiger partial charge >= 0.3 is 0 Å². The summed E-state index contributed by atoms with van der Waals surface area (Å²) in [6.45, 7) is 7.53. The number of nitrogens with one attached hydrogen (secondary N) is 1. The highest BCUT2D eigenvalue weighted by Crippen LogP contribution is 2.32. The van der Waals surface area contributed by atoms with Crippen molar-refractivity contribution in [2.24, 2.45) is 0 Å². The predicted octanol–water partition coefficient (Wildman–Crippen LogP) is 2.99. The van der Waals surface area contributed by atoms with Gasteiger partial charge in [-0.05, 0) is 30.3 Å². The molecule has 0 radical (unpaired) electrons. The number of rotatable bonds is 9. The summed E-state index contributed by atoms with van der Waals surface area (Å²) in [5, 5.41) is 2.63. The van der Waals surface area contributed by atoms with Crippen LogP contribution in [-0.4, -0.2) is 34.5 Å². The number of sulfonamides is 1. The van der Waals surface area contributed by atoms with Crippen LogP contribution in [0.5, 0.6) is 5.75 Å². The first-order valence-electron chi connectivity index (χ1n) is 8.21. The monoisotopic (exact) mass is 386 g/mol. The van der Waals surface area contributed by atoms with Crippen LogP contribution < -0.4 is 14.4 Å². The van der Waals surface area contributed by atoms with Crippen molar-refractivity contribution < 1.29 is 17.9 Å². The second-order valence-corrected chi connectivity index (χ2v) is 7.39. The summed E-state index contributed by atoms with van der Waals surface area (Å²) in [6, 6.07) is 12.7. The predicted molar refractivity (Wildman–Crippen MR) is 107 cm³/mol. The largest absolute Gasteiger partial charge is 0.495 e. The number of hydrogen-bond acceptors (Lipinski definition) is 4. The number of anilines is 1. The lowest BCUT2D eigenvalue weighted by Gasteiger charge is -2.25. The fourth-order valence-corrected chi connectivity index (χ4v) is 3.96. The van der Waals surface area contributed by atoms with E-state index in [1.165, 1.54) is 35.7 Å². The lowest BCUT2D eigenvalue weighted by molar-refractivity contribution is 0.0958. The van der Waals surface area contributed by atoms with Crippen molar-refractivity contribution >= 4 is 21.6 Å². The van der Waals surface area contributed by atoms with E-state index >= 15 is 0 Å². The summed E-state index contributed by atoms with van der Waals surface area (Å²) in [6.07, 6.45) is 3.04. The average molecular weight is 386 g/mol. The molecule has 0 fully saturated rings. The number of benzene rings is 2. The summed E-state index contributed by atoms with van der Waals surface area (Å²) in [7, 11) is -2.47. The summed E-state index contributed by atoms with van der Waals surface area (Å²) in [5.41, 5.74) is 0.637. The van der Waals surface area contributed by atoms with Gasteiger partial charge in [-0.3, -0.25) is 9.10 Å². The normalized spacial score (nSPS) is 10.7. The maximum absolute atomic E-state index is 13.3. The number of carbonyl (C=O) groups excluding carboxylic acids is 1. The van der Waals surface area contributed by atoms with Crippen molar-refractivity contribution in [1.29, 1.82) is 0 Å². The fraction of sp³-hybridized carbons (Fsp3) is 0.150. The molecular weight excluding hydrogens is 364 g/mol. The molecule has 0 saturated heterocycles. The molecule has 0 aliphatic carbocycles. The van der Waals surface area contributed by atoms with Crippen LogP contribution in [0.2, 0.25) is 0 Å². The summed E-state index contributed by atoms with van der Waals surface area (Å²) in [4.78, 5) is 12.1. The molecule has 0 heterocycles. The van der Waals surface area contributed by atoms with Gasteiger partial charge in [-0.25, -0.2) is 8.42 Å². The third-order valence-corrected chi connectivity index (χ3v) is 5.52. The number of hydrogen-bond donors (Lipinski definition) is 1. The van der Waals surface area contributed by atoms with Crippen LogP contribution in [0.3, 0.4) is 0 Å². The first-order valence-corrected chi connectivity index (χ1v) is 9.65. The Bertz CT molecular complexity index is 939. The van der Waals surface area contributed by atoms with Crippen LogP contribution in [0.1, 0.15) is 10.4 Å². The lowest BCUT2D eigenvalue weighted by Crippen LogP contribution is -2.32. The number of amides is 1. The SMILES string of the molecule is C=CCNC(=O)c1cccc(S(=O)(=O)N(CC=C)c2ccccc2OC)c1. The van der Waals surface area contributed by atoms with Crippen LogP contribution >= 0.6 is 0 Å². The molecule has 0 aliphatic rings. The van der Waals surface area contributed by atoms with E-state index in [9.17, 15) is 13.2 Å². The smallest absolute Gasteiger partial charge is 0.264 e. The van der Waals surface area contributed by atoms with Crippen LogP contribution in [0, 0.1) is 0 Å². The Kier molecular flexibility index (Phi) is 6.79. The first kappa shape index (κ1) is 20.3. The van der Waals surface area contributed by atoms with Gasteiger partial charge in [0.05, 0.1) is 24.2 Å². The fourth-order valence-electron chi connectivity index (χ4n) is 2.47. The van der Waals surface area contributed by atoms with E-state index in [0.717, 1.165) is 0 Å². The van der Waals surface area contributed by atoms with Crippen LogP contribution in [0.15, 0.2) is 78.7 Å². The molecule has 142 valence electrons. The maximum atomic E-state index is 13.3. The van der Waals surface area contributed by atoms with Gasteiger partial charge < -0.3 is 10.1 Å². The Balaban J connectivity index is 2.49. The van der Waals surface area contributed by atoms with Crippen molar-refractivity contribution in [2.75, 3.05) is 24.5 Å². The van der Waals surface area contributed by atoms with Gasteiger partial charge in [0, 0.05) is 12.1 Å². The highest BCUT2D eigenvalue weighted by molar-refractivity contribution is 7.92. The molecule has 1 N–H and O–H groups in total. The van der Waals surface area contributed by atoms with Gasteiger partial charge in [0.1, 0.15) is 5.75 Å². The first-order chi connectivity index (χ1) is 13.0. The van der Waals surface area contributed by atoms with Crippen LogP contribution in [0.25, 0.3) is 0 Å². The van der Waals surface area contributed by atoms with Gasteiger partial charge in [-0.15, -0.1) is 13.2 Å². The summed E-state index contributed by atoms with van der Waals surface area (Å²) in [5.74, 6) is 0.0438. The molecule has 0 spiro atoms. The van der Waals surface area contributed by atoms with E-state index < -0.39 is 10.0 Å². The zero-order chi connectivity index (χ0) is 19.9. The number of ether oxygens (including phenoxy) is 1. The molecule has 0 unspecified atom stereocenters. The third-order valence-electron chi connectivity index (χ3n) is 3.74. The summed E-state index contributed by atoms with van der Waals surface area (Å²) < 4.78 is 33.0. The minimum absolute atomic E-state index is 0.00140.